The van der Waals surface area contributed by atoms with E-state index in [1.807, 2.05) is 16.1 Å². The molecule has 1 fully saturated rings. The van der Waals surface area contributed by atoms with Crippen molar-refractivity contribution in [3.05, 3.63) is 77.4 Å². The van der Waals surface area contributed by atoms with Gasteiger partial charge in [-0.15, -0.1) is 0 Å². The van der Waals surface area contributed by atoms with Crippen LogP contribution in [0.1, 0.15) is 59.8 Å². The lowest BCUT2D eigenvalue weighted by Crippen LogP contribution is -2.43. The predicted octanol–water partition coefficient (Wildman–Crippen LogP) is 4.75. The Morgan fingerprint density at radius 3 is 2.45 bits per heavy atom. The summed E-state index contributed by atoms with van der Waals surface area (Å²) in [5, 5.41) is 17.0. The van der Waals surface area contributed by atoms with Gasteiger partial charge >= 0.3 is 5.97 Å². The lowest BCUT2D eigenvalue weighted by atomic mass is 9.85. The molecule has 1 amide bonds. The number of phenolic OH excluding ortho intramolecular Hbond substituents is 1. The van der Waals surface area contributed by atoms with Crippen molar-refractivity contribution in [2.24, 2.45) is 7.05 Å². The third-order valence-electron chi connectivity index (χ3n) is 7.35. The van der Waals surface area contributed by atoms with E-state index in [2.05, 4.69) is 5.32 Å². The van der Waals surface area contributed by atoms with E-state index in [4.69, 9.17) is 9.84 Å². The summed E-state index contributed by atoms with van der Waals surface area (Å²) in [6, 6.07) is 13.7. The van der Waals surface area contributed by atoms with E-state index in [1.165, 1.54) is 37.8 Å². The smallest absolute Gasteiger partial charge is 0.328 e. The van der Waals surface area contributed by atoms with Crippen LogP contribution in [0.5, 0.6) is 5.75 Å². The maximum Gasteiger partial charge on any atom is 0.328 e. The number of ether oxygens (including phenoxy) is 1. The highest BCUT2D eigenvalue weighted by Crippen LogP contribution is 2.39. The fourth-order valence-corrected chi connectivity index (χ4v) is 5.41. The summed E-state index contributed by atoms with van der Waals surface area (Å²) in [7, 11) is 3.20. The Kier molecular flexibility index (Phi) is 7.18. The highest BCUT2D eigenvalue weighted by Gasteiger charge is 2.29. The van der Waals surface area contributed by atoms with E-state index in [0.717, 1.165) is 53.8 Å². The molecule has 198 valence electrons. The van der Waals surface area contributed by atoms with Crippen LogP contribution in [0.15, 0.2) is 54.6 Å². The van der Waals surface area contributed by atoms with Gasteiger partial charge in [-0.2, -0.15) is 5.10 Å². The number of fused-ring (bicyclic) bond motifs is 1. The highest BCUT2D eigenvalue weighted by molar-refractivity contribution is 5.96. The minimum absolute atomic E-state index is 0.117. The van der Waals surface area contributed by atoms with Gasteiger partial charge in [0.2, 0.25) is 0 Å². The third kappa shape index (κ3) is 5.01. The Balaban J connectivity index is 1.49. The second kappa shape index (κ2) is 10.7. The molecular weight excluding hydrogens is 487 g/mol. The van der Waals surface area contributed by atoms with E-state index in [-0.39, 0.29) is 29.6 Å². The van der Waals surface area contributed by atoms with Crippen LogP contribution < -0.4 is 5.32 Å². The molecule has 0 spiro atoms. The molecular formula is C29H31FN4O4. The van der Waals surface area contributed by atoms with Crippen molar-refractivity contribution < 1.29 is 23.8 Å². The molecule has 1 saturated carbocycles. The van der Waals surface area contributed by atoms with Crippen LogP contribution in [0.3, 0.4) is 0 Å². The highest BCUT2D eigenvalue weighted by atomic mass is 19.1. The van der Waals surface area contributed by atoms with Gasteiger partial charge < -0.3 is 19.7 Å². The Morgan fingerprint density at radius 1 is 1.11 bits per heavy atom. The number of phenols is 1. The van der Waals surface area contributed by atoms with E-state index in [1.54, 1.807) is 30.3 Å². The minimum Gasteiger partial charge on any atom is -0.508 e. The number of amides is 1. The first-order valence-corrected chi connectivity index (χ1v) is 12.9. The summed E-state index contributed by atoms with van der Waals surface area (Å²) in [5.41, 5.74) is 4.57. The van der Waals surface area contributed by atoms with Crippen LogP contribution >= 0.6 is 0 Å². The Hall–Kier alpha value is -4.14. The van der Waals surface area contributed by atoms with Crippen LogP contribution in [0.2, 0.25) is 0 Å². The third-order valence-corrected chi connectivity index (χ3v) is 7.35. The largest absolute Gasteiger partial charge is 0.508 e. The zero-order valence-electron chi connectivity index (χ0n) is 21.5. The molecule has 2 aromatic carbocycles. The van der Waals surface area contributed by atoms with Gasteiger partial charge in [-0.25, -0.2) is 13.7 Å². The summed E-state index contributed by atoms with van der Waals surface area (Å²) < 4.78 is 22.4. The van der Waals surface area contributed by atoms with Crippen LogP contribution in [0.4, 0.5) is 4.39 Å². The molecule has 9 heteroatoms. The first kappa shape index (κ1) is 25.5. The minimum atomic E-state index is -0.922. The summed E-state index contributed by atoms with van der Waals surface area (Å²) in [5.74, 6) is -0.970. The fourth-order valence-electron chi connectivity index (χ4n) is 5.41. The van der Waals surface area contributed by atoms with E-state index in [0.29, 0.717) is 0 Å². The molecule has 1 aliphatic rings. The number of benzene rings is 2. The molecule has 0 radical (unpaired) electrons. The molecule has 4 aromatic rings. The number of hydrogen-bond acceptors (Lipinski definition) is 5. The van der Waals surface area contributed by atoms with Crippen molar-refractivity contribution in [2.75, 3.05) is 7.11 Å². The molecule has 2 heterocycles. The Bertz CT molecular complexity index is 1450. The number of rotatable bonds is 7. The zero-order valence-corrected chi connectivity index (χ0v) is 21.5. The number of nitrogens with one attached hydrogen (secondary N) is 1. The van der Waals surface area contributed by atoms with Crippen LogP contribution in [0.25, 0.3) is 16.9 Å². The number of aromatic nitrogens is 3. The van der Waals surface area contributed by atoms with Gasteiger partial charge in [0.1, 0.15) is 23.3 Å². The average molecular weight is 519 g/mol. The molecule has 2 aromatic heterocycles. The number of imidazole rings is 1. The fraction of sp³-hybridized carbons (Fsp3) is 0.345. The summed E-state index contributed by atoms with van der Waals surface area (Å²) in [4.78, 5) is 25.8. The number of carbonyl (C=O) groups excluding carboxylic acids is 2. The lowest BCUT2D eigenvalue weighted by Gasteiger charge is -2.22. The van der Waals surface area contributed by atoms with Gasteiger partial charge in [-0.3, -0.25) is 4.79 Å². The van der Waals surface area contributed by atoms with Crippen molar-refractivity contribution in [3.8, 4) is 17.0 Å². The van der Waals surface area contributed by atoms with Crippen LogP contribution in [-0.4, -0.2) is 44.3 Å². The van der Waals surface area contributed by atoms with Gasteiger partial charge in [0.15, 0.2) is 5.69 Å². The van der Waals surface area contributed by atoms with Gasteiger partial charge in [-0.05, 0) is 54.8 Å². The molecule has 0 saturated heterocycles. The van der Waals surface area contributed by atoms with E-state index < -0.39 is 17.9 Å². The topological polar surface area (TPSA) is 97.9 Å². The number of nitrogens with zero attached hydrogens (tertiary/aromatic N) is 3. The molecule has 0 unspecified atom stereocenters. The quantitative estimate of drug-likeness (QED) is 0.344. The molecule has 2 N–H and O–H groups in total. The van der Waals surface area contributed by atoms with Crippen molar-refractivity contribution in [3.63, 3.8) is 0 Å². The van der Waals surface area contributed by atoms with Gasteiger partial charge in [0.05, 0.1) is 18.5 Å². The lowest BCUT2D eigenvalue weighted by molar-refractivity contribution is -0.142. The number of methoxy groups -OCH3 is 1. The molecule has 8 nitrogen and oxygen atoms in total. The first-order valence-electron chi connectivity index (χ1n) is 12.9. The molecule has 5 rings (SSSR count). The van der Waals surface area contributed by atoms with Gasteiger partial charge in [0.25, 0.3) is 5.91 Å². The number of aromatic hydroxyl groups is 1. The SMILES string of the molecule is COC(=O)[C@H](Cc1ccc(O)cc1)NC(=O)c1cc2n(C)c(-c3ccc(F)cc3)c(C3CCCCC3)n2n1. The van der Waals surface area contributed by atoms with Gasteiger partial charge in [-0.1, -0.05) is 31.4 Å². The predicted molar refractivity (Wildman–Crippen MR) is 140 cm³/mol. The summed E-state index contributed by atoms with van der Waals surface area (Å²) >= 11 is 0. The summed E-state index contributed by atoms with van der Waals surface area (Å²) in [6.45, 7) is 0. The standard InChI is InChI=1S/C29H31FN4O4/c1-33-25-17-23(28(36)31-24(29(37)38-2)16-18-8-14-22(35)15-9-18)32-34(25)27(19-6-4-3-5-7-19)26(33)20-10-12-21(30)13-11-20/h8-15,17,19,24,35H,3-7,16H2,1-2H3,(H,31,36)/t24-/m0/s1. The number of esters is 1. The number of hydrogen-bond donors (Lipinski definition) is 2. The van der Waals surface area contributed by atoms with E-state index in [9.17, 15) is 19.1 Å². The Labute approximate surface area is 220 Å². The molecule has 0 aliphatic heterocycles. The monoisotopic (exact) mass is 518 g/mol. The molecule has 38 heavy (non-hydrogen) atoms. The first-order chi connectivity index (χ1) is 18.4. The van der Waals surface area contributed by atoms with Crippen LogP contribution in [0, 0.1) is 5.82 Å². The maximum absolute atomic E-state index is 13.7. The second-order valence-corrected chi connectivity index (χ2v) is 9.85. The van der Waals surface area contributed by atoms with Crippen molar-refractivity contribution in [1.82, 2.24) is 19.5 Å². The van der Waals surface area contributed by atoms with E-state index >= 15 is 0 Å². The average Bonchev–Trinajstić information content (AvgIpc) is 3.48. The second-order valence-electron chi connectivity index (χ2n) is 9.85. The molecule has 1 aliphatic carbocycles. The molecule has 0 bridgehead atoms. The van der Waals surface area contributed by atoms with Crippen LogP contribution in [-0.2, 0) is 23.0 Å². The number of carbonyl (C=O) groups is 2. The summed E-state index contributed by atoms with van der Waals surface area (Å²) in [6.07, 6.45) is 5.68. The number of aryl methyl sites for hydroxylation is 1. The number of halogens is 1. The Morgan fingerprint density at radius 2 is 1.79 bits per heavy atom. The van der Waals surface area contributed by atoms with Crippen molar-refractivity contribution in [1.29, 1.82) is 0 Å². The maximum atomic E-state index is 13.7. The van der Waals surface area contributed by atoms with Gasteiger partial charge in [0, 0.05) is 31.0 Å². The zero-order chi connectivity index (χ0) is 26.8. The van der Waals surface area contributed by atoms with Crippen molar-refractivity contribution in [2.45, 2.75) is 50.5 Å². The van der Waals surface area contributed by atoms with Crippen molar-refractivity contribution >= 4 is 17.5 Å². The molecule has 1 atom stereocenters. The normalized spacial score (nSPS) is 14.9.